The van der Waals surface area contributed by atoms with Gasteiger partial charge in [-0.2, -0.15) is 0 Å². The van der Waals surface area contributed by atoms with Gasteiger partial charge >= 0.3 is 12.1 Å². The Kier molecular flexibility index (Phi) is 6.15. The van der Waals surface area contributed by atoms with Gasteiger partial charge in [-0.05, 0) is 40.5 Å². The number of carboxylic acid groups (broad SMARTS) is 1. The summed E-state index contributed by atoms with van der Waals surface area (Å²) in [5, 5.41) is 11.8. The molecule has 1 unspecified atom stereocenters. The molecule has 0 heterocycles. The van der Waals surface area contributed by atoms with Crippen LogP contribution in [-0.2, 0) is 14.3 Å². The van der Waals surface area contributed by atoms with Crippen molar-refractivity contribution in [1.29, 1.82) is 0 Å². The van der Waals surface area contributed by atoms with Gasteiger partial charge in [0.2, 0.25) is 5.91 Å². The van der Waals surface area contributed by atoms with E-state index in [-0.39, 0.29) is 24.0 Å². The van der Waals surface area contributed by atoms with Gasteiger partial charge in [-0.3, -0.25) is 9.59 Å². The fraction of sp³-hybridized carbons (Fsp3) is 0.423. The van der Waals surface area contributed by atoms with Crippen LogP contribution < -0.4 is 5.32 Å². The molecule has 0 aliphatic heterocycles. The minimum absolute atomic E-state index is 0.0492. The summed E-state index contributed by atoms with van der Waals surface area (Å²) >= 11 is 0. The summed E-state index contributed by atoms with van der Waals surface area (Å²) in [4.78, 5) is 38.5. The summed E-state index contributed by atoms with van der Waals surface area (Å²) in [7, 11) is 1.66. The number of rotatable bonds is 7. The van der Waals surface area contributed by atoms with E-state index in [2.05, 4.69) is 19.2 Å². The van der Waals surface area contributed by atoms with E-state index in [0.29, 0.717) is 0 Å². The predicted octanol–water partition coefficient (Wildman–Crippen LogP) is 4.02. The van der Waals surface area contributed by atoms with Crippen LogP contribution in [0.3, 0.4) is 0 Å². The Bertz CT molecular complexity index is 1030. The monoisotopic (exact) mass is 450 g/mol. The highest BCUT2D eigenvalue weighted by Crippen LogP contribution is 2.44. The van der Waals surface area contributed by atoms with Crippen molar-refractivity contribution in [2.45, 2.75) is 51.1 Å². The molecule has 0 spiro atoms. The van der Waals surface area contributed by atoms with Crippen LogP contribution in [0, 0.1) is 5.41 Å². The number of carbonyl (C=O) groups excluding carboxylic acids is 2. The number of benzene rings is 2. The van der Waals surface area contributed by atoms with E-state index in [9.17, 15) is 19.5 Å². The Morgan fingerprint density at radius 3 is 2.12 bits per heavy atom. The average molecular weight is 451 g/mol. The number of likely N-dealkylation sites (N-methyl/N-ethyl adjacent to an activating group) is 1. The second-order valence-corrected chi connectivity index (χ2v) is 9.80. The number of hydrogen-bond donors (Lipinski definition) is 2. The van der Waals surface area contributed by atoms with E-state index >= 15 is 0 Å². The Morgan fingerprint density at radius 2 is 1.61 bits per heavy atom. The van der Waals surface area contributed by atoms with Crippen molar-refractivity contribution < 1.29 is 24.2 Å². The Morgan fingerprint density at radius 1 is 1.06 bits per heavy atom. The minimum atomic E-state index is -1.17. The van der Waals surface area contributed by atoms with Crippen molar-refractivity contribution in [2.24, 2.45) is 5.41 Å². The molecule has 7 nitrogen and oxygen atoms in total. The summed E-state index contributed by atoms with van der Waals surface area (Å²) in [5.41, 5.74) is 4.56. The fourth-order valence-corrected chi connectivity index (χ4v) is 5.07. The molecule has 2 aromatic carbocycles. The largest absolute Gasteiger partial charge is 0.481 e. The summed E-state index contributed by atoms with van der Waals surface area (Å²) < 4.78 is 5.50. The van der Waals surface area contributed by atoms with Gasteiger partial charge in [-0.25, -0.2) is 4.79 Å². The molecule has 7 heteroatoms. The number of carboxylic acids is 1. The van der Waals surface area contributed by atoms with Gasteiger partial charge in [0.1, 0.15) is 12.6 Å². The number of ether oxygens (including phenoxy) is 1. The van der Waals surface area contributed by atoms with Crippen molar-refractivity contribution in [3.8, 4) is 11.1 Å². The van der Waals surface area contributed by atoms with Crippen LogP contribution in [0.1, 0.15) is 50.2 Å². The number of nitrogens with zero attached hydrogens (tertiary/aromatic N) is 1. The first kappa shape index (κ1) is 22.8. The maximum Gasteiger partial charge on any atom is 0.407 e. The zero-order valence-corrected chi connectivity index (χ0v) is 19.2. The first-order valence-corrected chi connectivity index (χ1v) is 11.3. The predicted molar refractivity (Wildman–Crippen MR) is 124 cm³/mol. The smallest absolute Gasteiger partial charge is 0.407 e. The molecule has 4 rings (SSSR count). The van der Waals surface area contributed by atoms with E-state index in [4.69, 9.17) is 4.74 Å². The van der Waals surface area contributed by atoms with Gasteiger partial charge < -0.3 is 20.1 Å². The van der Waals surface area contributed by atoms with Gasteiger partial charge in [0.05, 0.1) is 6.42 Å². The lowest BCUT2D eigenvalue weighted by molar-refractivity contribution is -0.144. The Balaban J connectivity index is 1.41. The standard InChI is InChI=1S/C26H30N2O5/c1-26(2)13-16(14-26)28(3)24(31)22(12-23(29)30)27-25(32)33-15-21-19-10-6-4-8-17(19)18-9-5-7-11-20(18)21/h4-11,16,21-22H,12-15H2,1-3H3,(H,27,32)(H,29,30). The topological polar surface area (TPSA) is 95.9 Å². The molecule has 2 amide bonds. The van der Waals surface area contributed by atoms with Gasteiger partial charge in [0.15, 0.2) is 0 Å². The van der Waals surface area contributed by atoms with Crippen molar-refractivity contribution >= 4 is 18.0 Å². The number of alkyl carbamates (subject to hydrolysis) is 1. The van der Waals surface area contributed by atoms with Gasteiger partial charge in [0, 0.05) is 19.0 Å². The minimum Gasteiger partial charge on any atom is -0.481 e. The first-order chi connectivity index (χ1) is 15.7. The van der Waals surface area contributed by atoms with Crippen LogP contribution in [0.5, 0.6) is 0 Å². The zero-order valence-electron chi connectivity index (χ0n) is 19.2. The molecule has 0 radical (unpaired) electrons. The first-order valence-electron chi connectivity index (χ1n) is 11.3. The maximum atomic E-state index is 12.9. The van der Waals surface area contributed by atoms with Crippen molar-refractivity contribution in [1.82, 2.24) is 10.2 Å². The summed E-state index contributed by atoms with van der Waals surface area (Å²) in [6.45, 7) is 4.36. The van der Waals surface area contributed by atoms with Gasteiger partial charge in [-0.1, -0.05) is 62.4 Å². The molecule has 0 saturated heterocycles. The third-order valence-corrected chi connectivity index (χ3v) is 6.78. The molecule has 174 valence electrons. The number of fused-ring (bicyclic) bond motifs is 3. The summed E-state index contributed by atoms with van der Waals surface area (Å²) in [6, 6.07) is 14.9. The lowest BCUT2D eigenvalue weighted by atomic mass is 9.68. The molecule has 2 aromatic rings. The molecule has 2 aliphatic carbocycles. The normalized spacial score (nSPS) is 17.3. The highest BCUT2D eigenvalue weighted by Gasteiger charge is 2.41. The van der Waals surface area contributed by atoms with Crippen LogP contribution in [0.2, 0.25) is 0 Å². The maximum absolute atomic E-state index is 12.9. The molecular weight excluding hydrogens is 420 g/mol. The molecule has 33 heavy (non-hydrogen) atoms. The Hall–Kier alpha value is -3.35. The second-order valence-electron chi connectivity index (χ2n) is 9.80. The Labute approximate surface area is 193 Å². The van der Waals surface area contributed by atoms with Crippen molar-refractivity contribution in [3.63, 3.8) is 0 Å². The molecule has 0 aromatic heterocycles. The number of nitrogens with one attached hydrogen (secondary N) is 1. The number of hydrogen-bond acceptors (Lipinski definition) is 4. The van der Waals surface area contributed by atoms with Crippen LogP contribution >= 0.6 is 0 Å². The third-order valence-electron chi connectivity index (χ3n) is 6.78. The third kappa shape index (κ3) is 4.72. The van der Waals surface area contributed by atoms with Crippen molar-refractivity contribution in [3.05, 3.63) is 59.7 Å². The van der Waals surface area contributed by atoms with Gasteiger partial charge in [-0.15, -0.1) is 0 Å². The van der Waals surface area contributed by atoms with Crippen LogP contribution in [0.25, 0.3) is 11.1 Å². The quantitative estimate of drug-likeness (QED) is 0.664. The van der Waals surface area contributed by atoms with E-state index in [0.717, 1.165) is 35.1 Å². The highest BCUT2D eigenvalue weighted by molar-refractivity contribution is 5.89. The lowest BCUT2D eigenvalue weighted by Crippen LogP contribution is -2.55. The molecule has 0 bridgehead atoms. The molecule has 2 aliphatic rings. The molecule has 2 N–H and O–H groups in total. The second kappa shape index (κ2) is 8.89. The highest BCUT2D eigenvalue weighted by atomic mass is 16.5. The molecule has 1 fully saturated rings. The number of carbonyl (C=O) groups is 3. The zero-order chi connectivity index (χ0) is 23.8. The van der Waals surface area contributed by atoms with E-state index < -0.39 is 30.4 Å². The summed E-state index contributed by atoms with van der Waals surface area (Å²) in [5.74, 6) is -1.68. The van der Waals surface area contributed by atoms with Crippen molar-refractivity contribution in [2.75, 3.05) is 13.7 Å². The van der Waals surface area contributed by atoms with E-state index in [1.807, 2.05) is 48.5 Å². The molecule has 1 saturated carbocycles. The van der Waals surface area contributed by atoms with Crippen LogP contribution in [0.4, 0.5) is 4.79 Å². The number of amides is 2. The number of aliphatic carboxylic acids is 1. The summed E-state index contributed by atoms with van der Waals surface area (Å²) in [6.07, 6.45) is 0.405. The van der Waals surface area contributed by atoms with Crippen LogP contribution in [-0.4, -0.2) is 53.7 Å². The fourth-order valence-electron chi connectivity index (χ4n) is 5.07. The van der Waals surface area contributed by atoms with E-state index in [1.165, 1.54) is 0 Å². The van der Waals surface area contributed by atoms with Crippen LogP contribution in [0.15, 0.2) is 48.5 Å². The lowest BCUT2D eigenvalue weighted by Gasteiger charge is -2.47. The van der Waals surface area contributed by atoms with Gasteiger partial charge in [0.25, 0.3) is 0 Å². The SMILES string of the molecule is CN(C(=O)C(CC(=O)O)NC(=O)OCC1c2ccccc2-c2ccccc21)C1CC(C)(C)C1. The average Bonchev–Trinajstić information content (AvgIpc) is 3.08. The molecule has 1 atom stereocenters. The molecular formula is C26H30N2O5. The van der Waals surface area contributed by atoms with E-state index in [1.54, 1.807) is 11.9 Å².